The van der Waals surface area contributed by atoms with Crippen molar-refractivity contribution in [2.75, 3.05) is 18.5 Å². The number of nitrogens with one attached hydrogen (secondary N) is 1. The zero-order valence-corrected chi connectivity index (χ0v) is 14.2. The second-order valence-corrected chi connectivity index (χ2v) is 5.49. The topological polar surface area (TPSA) is 30.5 Å². The van der Waals surface area contributed by atoms with Crippen LogP contribution in [0.5, 0.6) is 11.5 Å². The van der Waals surface area contributed by atoms with E-state index in [-0.39, 0.29) is 0 Å². The van der Waals surface area contributed by atoms with E-state index in [4.69, 9.17) is 9.47 Å². The van der Waals surface area contributed by atoms with Gasteiger partial charge >= 0.3 is 0 Å². The molecule has 0 saturated carbocycles. The molecule has 2 aromatic rings. The maximum absolute atomic E-state index is 5.68. The van der Waals surface area contributed by atoms with Crippen LogP contribution in [0.1, 0.15) is 23.6 Å². The quantitative estimate of drug-likeness (QED) is 0.705. The number of aryl methyl sites for hydroxylation is 2. The van der Waals surface area contributed by atoms with Gasteiger partial charge < -0.3 is 14.8 Å². The third-order valence-corrected chi connectivity index (χ3v) is 3.54. The zero-order valence-electron chi connectivity index (χ0n) is 14.2. The van der Waals surface area contributed by atoms with Crippen molar-refractivity contribution in [1.29, 1.82) is 0 Å². The molecule has 0 heterocycles. The van der Waals surface area contributed by atoms with Gasteiger partial charge in [-0.05, 0) is 55.7 Å². The summed E-state index contributed by atoms with van der Waals surface area (Å²) in [5, 5.41) is 3.49. The molecule has 0 saturated heterocycles. The molecule has 0 spiro atoms. The molecular formula is C20H25NO2. The molecule has 0 unspecified atom stereocenters. The molecule has 0 aromatic heterocycles. The summed E-state index contributed by atoms with van der Waals surface area (Å²) in [7, 11) is 0. The van der Waals surface area contributed by atoms with E-state index >= 15 is 0 Å². The van der Waals surface area contributed by atoms with E-state index in [9.17, 15) is 0 Å². The fourth-order valence-electron chi connectivity index (χ4n) is 2.32. The van der Waals surface area contributed by atoms with E-state index in [2.05, 4.69) is 50.0 Å². The molecule has 0 amide bonds. The standard InChI is InChI=1S/C20H25NO2/c1-5-11-23-19-10-9-17(13-20(19)22-6-2)14-21-18-12-15(3)7-8-16(18)4/h5,7-10,12-13,21H,1,6,11,14H2,2-4H3. The van der Waals surface area contributed by atoms with Gasteiger partial charge in [0.15, 0.2) is 11.5 Å². The smallest absolute Gasteiger partial charge is 0.161 e. The van der Waals surface area contributed by atoms with Crippen molar-refractivity contribution >= 4 is 5.69 Å². The van der Waals surface area contributed by atoms with Gasteiger partial charge in [0.1, 0.15) is 6.61 Å². The van der Waals surface area contributed by atoms with Gasteiger partial charge in [-0.2, -0.15) is 0 Å². The second kappa shape index (κ2) is 8.28. The molecule has 3 nitrogen and oxygen atoms in total. The van der Waals surface area contributed by atoms with Crippen molar-refractivity contribution in [2.45, 2.75) is 27.3 Å². The molecule has 0 atom stereocenters. The lowest BCUT2D eigenvalue weighted by Crippen LogP contribution is -2.03. The summed E-state index contributed by atoms with van der Waals surface area (Å²) >= 11 is 0. The first-order valence-corrected chi connectivity index (χ1v) is 7.94. The SMILES string of the molecule is C=CCOc1ccc(CNc2cc(C)ccc2C)cc1OCC. The summed E-state index contributed by atoms with van der Waals surface area (Å²) < 4.78 is 11.3. The number of hydrogen-bond acceptors (Lipinski definition) is 3. The molecule has 0 aliphatic heterocycles. The van der Waals surface area contributed by atoms with Crippen LogP contribution in [-0.2, 0) is 6.54 Å². The molecular weight excluding hydrogens is 286 g/mol. The molecule has 0 aliphatic carbocycles. The Balaban J connectivity index is 2.11. The normalized spacial score (nSPS) is 10.2. The summed E-state index contributed by atoms with van der Waals surface area (Å²) in [5.41, 5.74) is 4.81. The minimum Gasteiger partial charge on any atom is -0.490 e. The molecule has 2 rings (SSSR count). The Labute approximate surface area is 138 Å². The summed E-state index contributed by atoms with van der Waals surface area (Å²) in [5.74, 6) is 1.52. The molecule has 122 valence electrons. The van der Waals surface area contributed by atoms with Gasteiger partial charge in [-0.25, -0.2) is 0 Å². The Morgan fingerprint density at radius 3 is 2.61 bits per heavy atom. The Morgan fingerprint density at radius 2 is 1.87 bits per heavy atom. The van der Waals surface area contributed by atoms with Crippen molar-refractivity contribution in [3.05, 3.63) is 65.7 Å². The molecule has 0 fully saturated rings. The molecule has 3 heteroatoms. The third-order valence-electron chi connectivity index (χ3n) is 3.54. The first kappa shape index (κ1) is 16.9. The molecule has 1 N–H and O–H groups in total. The van der Waals surface area contributed by atoms with Crippen molar-refractivity contribution in [3.8, 4) is 11.5 Å². The highest BCUT2D eigenvalue weighted by atomic mass is 16.5. The average Bonchev–Trinajstić information content (AvgIpc) is 2.55. The minimum absolute atomic E-state index is 0.472. The molecule has 0 aliphatic rings. The van der Waals surface area contributed by atoms with Crippen molar-refractivity contribution in [3.63, 3.8) is 0 Å². The van der Waals surface area contributed by atoms with Gasteiger partial charge in [-0.1, -0.05) is 30.9 Å². The van der Waals surface area contributed by atoms with Gasteiger partial charge in [-0.15, -0.1) is 0 Å². The summed E-state index contributed by atoms with van der Waals surface area (Å²) in [4.78, 5) is 0. The summed E-state index contributed by atoms with van der Waals surface area (Å²) in [6.45, 7) is 11.7. The predicted octanol–water partition coefficient (Wildman–Crippen LogP) is 4.88. The van der Waals surface area contributed by atoms with Crippen LogP contribution >= 0.6 is 0 Å². The lowest BCUT2D eigenvalue weighted by molar-refractivity contribution is 0.296. The minimum atomic E-state index is 0.472. The lowest BCUT2D eigenvalue weighted by atomic mass is 10.1. The Morgan fingerprint density at radius 1 is 1.04 bits per heavy atom. The fraction of sp³-hybridized carbons (Fsp3) is 0.300. The Kier molecular flexibility index (Phi) is 6.10. The van der Waals surface area contributed by atoms with Crippen LogP contribution in [0.15, 0.2) is 49.1 Å². The number of benzene rings is 2. The Bertz CT molecular complexity index is 665. The fourth-order valence-corrected chi connectivity index (χ4v) is 2.32. The van der Waals surface area contributed by atoms with Gasteiger partial charge in [0.2, 0.25) is 0 Å². The van der Waals surface area contributed by atoms with Crippen LogP contribution < -0.4 is 14.8 Å². The van der Waals surface area contributed by atoms with E-state index in [1.165, 1.54) is 11.1 Å². The highest BCUT2D eigenvalue weighted by molar-refractivity contribution is 5.53. The molecule has 0 radical (unpaired) electrons. The van der Waals surface area contributed by atoms with Crippen LogP contribution in [0.3, 0.4) is 0 Å². The second-order valence-electron chi connectivity index (χ2n) is 5.49. The van der Waals surface area contributed by atoms with Gasteiger partial charge in [0.25, 0.3) is 0 Å². The molecule has 2 aromatic carbocycles. The van der Waals surface area contributed by atoms with Gasteiger partial charge in [0.05, 0.1) is 6.61 Å². The van der Waals surface area contributed by atoms with Crippen LogP contribution in [0, 0.1) is 13.8 Å². The van der Waals surface area contributed by atoms with Crippen LogP contribution in [0.2, 0.25) is 0 Å². The monoisotopic (exact) mass is 311 g/mol. The van der Waals surface area contributed by atoms with Gasteiger partial charge in [0, 0.05) is 12.2 Å². The zero-order chi connectivity index (χ0) is 16.7. The predicted molar refractivity (Wildman–Crippen MR) is 96.5 cm³/mol. The average molecular weight is 311 g/mol. The van der Waals surface area contributed by atoms with E-state index in [0.29, 0.717) is 13.2 Å². The number of anilines is 1. The molecule has 0 bridgehead atoms. The van der Waals surface area contributed by atoms with Crippen molar-refractivity contribution in [1.82, 2.24) is 0 Å². The van der Waals surface area contributed by atoms with E-state index < -0.39 is 0 Å². The number of ether oxygens (including phenoxy) is 2. The van der Waals surface area contributed by atoms with Crippen LogP contribution in [0.25, 0.3) is 0 Å². The highest BCUT2D eigenvalue weighted by Gasteiger charge is 2.07. The summed E-state index contributed by atoms with van der Waals surface area (Å²) in [6.07, 6.45) is 1.73. The largest absolute Gasteiger partial charge is 0.490 e. The first-order valence-electron chi connectivity index (χ1n) is 7.94. The number of rotatable bonds is 8. The van der Waals surface area contributed by atoms with Crippen LogP contribution in [0.4, 0.5) is 5.69 Å². The molecule has 23 heavy (non-hydrogen) atoms. The van der Waals surface area contributed by atoms with E-state index in [1.54, 1.807) is 6.08 Å². The van der Waals surface area contributed by atoms with Crippen LogP contribution in [-0.4, -0.2) is 13.2 Å². The third kappa shape index (κ3) is 4.78. The van der Waals surface area contributed by atoms with E-state index in [0.717, 1.165) is 29.3 Å². The van der Waals surface area contributed by atoms with Crippen molar-refractivity contribution in [2.24, 2.45) is 0 Å². The summed E-state index contributed by atoms with van der Waals surface area (Å²) in [6, 6.07) is 12.5. The lowest BCUT2D eigenvalue weighted by Gasteiger charge is -2.14. The first-order chi connectivity index (χ1) is 11.1. The maximum Gasteiger partial charge on any atom is 0.161 e. The maximum atomic E-state index is 5.68. The van der Waals surface area contributed by atoms with Gasteiger partial charge in [-0.3, -0.25) is 0 Å². The van der Waals surface area contributed by atoms with E-state index in [1.807, 2.05) is 19.1 Å². The van der Waals surface area contributed by atoms with Crippen molar-refractivity contribution < 1.29 is 9.47 Å². The Hall–Kier alpha value is -2.42. The highest BCUT2D eigenvalue weighted by Crippen LogP contribution is 2.29. The number of hydrogen-bond donors (Lipinski definition) is 1.